The molecule has 1 aromatic carbocycles. The van der Waals surface area contributed by atoms with Crippen molar-refractivity contribution in [1.29, 1.82) is 0 Å². The molecule has 0 radical (unpaired) electrons. The van der Waals surface area contributed by atoms with Crippen molar-refractivity contribution in [2.45, 2.75) is 142 Å². The van der Waals surface area contributed by atoms with Crippen LogP contribution in [0.25, 0.3) is 10.2 Å². The van der Waals surface area contributed by atoms with Gasteiger partial charge in [0.15, 0.2) is 8.32 Å². The Balaban J connectivity index is 1.74. The Morgan fingerprint density at radius 2 is 1.91 bits per heavy atom. The Hall–Kier alpha value is -1.91. The number of cyclic esters (lactones) is 1. The first-order chi connectivity index (χ1) is 20.8. The van der Waals surface area contributed by atoms with E-state index in [1.807, 2.05) is 45.9 Å². The van der Waals surface area contributed by atoms with Gasteiger partial charge in [-0.15, -0.1) is 17.9 Å². The number of fused-ring (bicyclic) bond motifs is 2. The third-order valence-electron chi connectivity index (χ3n) is 10.7. The molecule has 3 heterocycles. The Morgan fingerprint density at radius 1 is 1.22 bits per heavy atom. The summed E-state index contributed by atoms with van der Waals surface area (Å²) in [6.45, 7) is 24.4. The normalized spacial score (nSPS) is 32.2. The van der Waals surface area contributed by atoms with E-state index in [-0.39, 0.29) is 34.9 Å². The molecule has 0 spiro atoms. The highest BCUT2D eigenvalue weighted by Gasteiger charge is 2.53. The summed E-state index contributed by atoms with van der Waals surface area (Å²) in [5.41, 5.74) is 0.398. The number of rotatable bonds is 5. The second kappa shape index (κ2) is 13.3. The lowest BCUT2D eigenvalue weighted by Crippen LogP contribution is -2.53. The topological polar surface area (TPSA) is 98.3 Å². The molecule has 1 aromatic heterocycles. The predicted octanol–water partition coefficient (Wildman–Crippen LogP) is 8.49. The predicted molar refractivity (Wildman–Crippen MR) is 184 cm³/mol. The number of epoxide rings is 1. The zero-order chi connectivity index (χ0) is 33.5. The number of aliphatic hydroxyl groups is 1. The minimum Gasteiger partial charge on any atom is -0.457 e. The molecular weight excluding hydrogens is 603 g/mol. The number of hydrogen-bond donors (Lipinski definition) is 1. The van der Waals surface area contributed by atoms with Gasteiger partial charge in [-0.25, -0.2) is 4.98 Å². The SMILES string of the molecule is C=CC[C@H]1C(=O)C(C)(C)[C@@H](O[Si](C)(C)C(C)(C)C)CC(=O)O[C@H](c2ccc3sc(C)nc3c2)C[C@@H]2O[C@]2(C)CCC[C@H](C)[C@@H]1O. The number of aryl methyl sites for hydroxylation is 1. The lowest BCUT2D eigenvalue weighted by atomic mass is 9.71. The van der Waals surface area contributed by atoms with Gasteiger partial charge in [-0.1, -0.05) is 60.1 Å². The van der Waals surface area contributed by atoms with Crippen LogP contribution in [-0.2, 0) is 23.5 Å². The molecule has 7 atom stereocenters. The van der Waals surface area contributed by atoms with E-state index in [0.717, 1.165) is 40.1 Å². The van der Waals surface area contributed by atoms with Gasteiger partial charge in [0.1, 0.15) is 11.9 Å². The molecule has 2 fully saturated rings. The first-order valence-electron chi connectivity index (χ1n) is 16.5. The van der Waals surface area contributed by atoms with Crippen molar-refractivity contribution in [2.24, 2.45) is 17.3 Å². The Bertz CT molecular complexity index is 1400. The van der Waals surface area contributed by atoms with Crippen molar-refractivity contribution in [2.75, 3.05) is 0 Å². The highest BCUT2D eigenvalue weighted by molar-refractivity contribution is 7.18. The summed E-state index contributed by atoms with van der Waals surface area (Å²) in [7, 11) is -2.43. The van der Waals surface area contributed by atoms with E-state index in [9.17, 15) is 14.7 Å². The van der Waals surface area contributed by atoms with Crippen molar-refractivity contribution in [3.8, 4) is 0 Å². The summed E-state index contributed by atoms with van der Waals surface area (Å²) in [5.74, 6) is -1.26. The standard InChI is InChI=1S/C36H55NO6SSi/c1-12-14-25-32(39)22(2)15-13-18-36(9)30(42-36)20-27(24-16-17-28-26(19-24)37-23(3)44-28)41-31(38)21-29(35(7,8)33(25)40)43-45(10,11)34(4,5)6/h12,16-17,19,22,25,27,29-30,32,39H,1,13-15,18,20-21H2,2-11H3/t22-,25+,27-,29-,30-,32-,36+/m0/s1. The quantitative estimate of drug-likeness (QED) is 0.149. The first kappa shape index (κ1) is 35.9. The summed E-state index contributed by atoms with van der Waals surface area (Å²) in [6.07, 6.45) is 2.84. The van der Waals surface area contributed by atoms with E-state index in [0.29, 0.717) is 12.8 Å². The maximum Gasteiger partial charge on any atom is 0.309 e. The number of aliphatic hydroxyl groups excluding tert-OH is 1. The Morgan fingerprint density at radius 3 is 2.56 bits per heavy atom. The molecule has 45 heavy (non-hydrogen) atoms. The van der Waals surface area contributed by atoms with Crippen molar-refractivity contribution in [3.05, 3.63) is 41.4 Å². The van der Waals surface area contributed by atoms with Crippen molar-refractivity contribution >= 4 is 41.6 Å². The molecule has 2 saturated heterocycles. The van der Waals surface area contributed by atoms with E-state index in [1.54, 1.807) is 17.4 Å². The van der Waals surface area contributed by atoms with Crippen LogP contribution in [0.15, 0.2) is 30.9 Å². The summed E-state index contributed by atoms with van der Waals surface area (Å²) < 4.78 is 20.6. The average Bonchev–Trinajstić information content (AvgIpc) is 3.40. The van der Waals surface area contributed by atoms with Crippen LogP contribution >= 0.6 is 11.3 Å². The van der Waals surface area contributed by atoms with Gasteiger partial charge in [0.2, 0.25) is 0 Å². The third kappa shape index (κ3) is 7.98. The fourth-order valence-electron chi connectivity index (χ4n) is 6.41. The zero-order valence-corrected chi connectivity index (χ0v) is 30.9. The van der Waals surface area contributed by atoms with E-state index in [2.05, 4.69) is 52.4 Å². The number of ether oxygens (including phenoxy) is 2. The van der Waals surface area contributed by atoms with Gasteiger partial charge in [-0.05, 0) is 74.9 Å². The fourth-order valence-corrected chi connectivity index (χ4v) is 8.66. The smallest absolute Gasteiger partial charge is 0.309 e. The van der Waals surface area contributed by atoms with Gasteiger partial charge >= 0.3 is 5.97 Å². The minimum absolute atomic E-state index is 0.0536. The molecule has 250 valence electrons. The molecule has 0 saturated carbocycles. The van der Waals surface area contributed by atoms with Crippen LogP contribution < -0.4 is 0 Å². The van der Waals surface area contributed by atoms with Crippen LogP contribution in [0.1, 0.15) is 104 Å². The number of carbonyl (C=O) groups is 2. The first-order valence-corrected chi connectivity index (χ1v) is 20.3. The molecule has 7 nitrogen and oxygen atoms in total. The van der Waals surface area contributed by atoms with Crippen LogP contribution in [0.3, 0.4) is 0 Å². The molecule has 9 heteroatoms. The number of allylic oxidation sites excluding steroid dienone is 1. The largest absolute Gasteiger partial charge is 0.457 e. The van der Waals surface area contributed by atoms with Crippen molar-refractivity contribution in [3.63, 3.8) is 0 Å². The van der Waals surface area contributed by atoms with E-state index in [1.165, 1.54) is 0 Å². The van der Waals surface area contributed by atoms with Gasteiger partial charge in [-0.3, -0.25) is 9.59 Å². The van der Waals surface area contributed by atoms with Gasteiger partial charge in [-0.2, -0.15) is 0 Å². The summed E-state index contributed by atoms with van der Waals surface area (Å²) >= 11 is 1.64. The van der Waals surface area contributed by atoms with E-state index < -0.39 is 43.9 Å². The molecule has 2 aromatic rings. The third-order valence-corrected chi connectivity index (χ3v) is 16.2. The number of thiazole rings is 1. The molecule has 0 aliphatic carbocycles. The highest BCUT2D eigenvalue weighted by atomic mass is 32.1. The molecule has 2 aliphatic heterocycles. The van der Waals surface area contributed by atoms with E-state index in [4.69, 9.17) is 13.9 Å². The van der Waals surface area contributed by atoms with Crippen LogP contribution in [0.4, 0.5) is 0 Å². The van der Waals surface area contributed by atoms with Crippen LogP contribution in [0.5, 0.6) is 0 Å². The Labute approximate surface area is 275 Å². The second-order valence-electron chi connectivity index (χ2n) is 15.7. The molecule has 2 aliphatic rings. The molecule has 0 unspecified atom stereocenters. The summed E-state index contributed by atoms with van der Waals surface area (Å²) in [5, 5.41) is 12.4. The monoisotopic (exact) mass is 657 g/mol. The highest BCUT2D eigenvalue weighted by Crippen LogP contribution is 2.47. The number of nitrogens with zero attached hydrogens (tertiary/aromatic N) is 1. The Kier molecular flexibility index (Phi) is 10.6. The zero-order valence-electron chi connectivity index (χ0n) is 29.1. The molecule has 0 bridgehead atoms. The van der Waals surface area contributed by atoms with Gasteiger partial charge in [0.05, 0.1) is 45.6 Å². The molecule has 4 rings (SSSR count). The number of ketones is 1. The lowest BCUT2D eigenvalue weighted by molar-refractivity contribution is -0.156. The summed E-state index contributed by atoms with van der Waals surface area (Å²) in [4.78, 5) is 33.1. The molecule has 0 amide bonds. The van der Waals surface area contributed by atoms with Crippen LogP contribution in [0, 0.1) is 24.2 Å². The van der Waals surface area contributed by atoms with Crippen LogP contribution in [-0.4, -0.2) is 54.1 Å². The van der Waals surface area contributed by atoms with Crippen molar-refractivity contribution < 1.29 is 28.6 Å². The number of hydrogen-bond acceptors (Lipinski definition) is 8. The van der Waals surface area contributed by atoms with Gasteiger partial charge in [0, 0.05) is 17.8 Å². The van der Waals surface area contributed by atoms with Gasteiger partial charge in [0.25, 0.3) is 0 Å². The van der Waals surface area contributed by atoms with E-state index >= 15 is 0 Å². The molecular formula is C36H55NO6SSi. The number of carbonyl (C=O) groups excluding carboxylic acids is 2. The number of benzene rings is 1. The fraction of sp³-hybridized carbons (Fsp3) is 0.694. The van der Waals surface area contributed by atoms with Gasteiger partial charge < -0.3 is 19.0 Å². The lowest BCUT2D eigenvalue weighted by Gasteiger charge is -2.45. The summed E-state index contributed by atoms with van der Waals surface area (Å²) in [6, 6.07) is 6.09. The second-order valence-corrected chi connectivity index (χ2v) is 21.7. The number of esters is 1. The number of Topliss-reactive ketones (excluding diaryl/α,β-unsaturated/α-hetero) is 1. The maximum absolute atomic E-state index is 14.4. The molecule has 1 N–H and O–H groups in total. The number of aromatic nitrogens is 1. The van der Waals surface area contributed by atoms with Crippen LogP contribution in [0.2, 0.25) is 18.1 Å². The maximum atomic E-state index is 14.4. The van der Waals surface area contributed by atoms with Crippen molar-refractivity contribution in [1.82, 2.24) is 4.98 Å². The average molecular weight is 658 g/mol. The minimum atomic E-state index is -2.43.